The molecule has 1 aromatic carbocycles. The molecule has 2 aromatic rings. The van der Waals surface area contributed by atoms with Crippen LogP contribution >= 0.6 is 11.3 Å². The van der Waals surface area contributed by atoms with Gasteiger partial charge in [0.1, 0.15) is 0 Å². The van der Waals surface area contributed by atoms with E-state index in [0.717, 1.165) is 24.5 Å². The van der Waals surface area contributed by atoms with Gasteiger partial charge in [-0.3, -0.25) is 0 Å². The van der Waals surface area contributed by atoms with Crippen LogP contribution < -0.4 is 5.32 Å². The van der Waals surface area contributed by atoms with Crippen molar-refractivity contribution in [3.8, 4) is 0 Å². The van der Waals surface area contributed by atoms with E-state index in [1.165, 1.54) is 16.8 Å². The Morgan fingerprint density at radius 3 is 2.52 bits per heavy atom. The summed E-state index contributed by atoms with van der Waals surface area (Å²) in [5, 5.41) is 6.72. The lowest BCUT2D eigenvalue weighted by molar-refractivity contribution is 0.301. The summed E-state index contributed by atoms with van der Waals surface area (Å²) in [6, 6.07) is 9.22. The van der Waals surface area contributed by atoms with Crippen LogP contribution in [0.2, 0.25) is 0 Å². The maximum atomic E-state index is 4.53. The van der Waals surface area contributed by atoms with Gasteiger partial charge in [0.25, 0.3) is 0 Å². The van der Waals surface area contributed by atoms with Crippen molar-refractivity contribution >= 4 is 11.3 Å². The predicted molar refractivity (Wildman–Crippen MR) is 90.8 cm³/mol. The summed E-state index contributed by atoms with van der Waals surface area (Å²) in [5.74, 6) is 0. The SMILES string of the molecule is CNC(CCN(C)Cc1csc(C)n1)c1ccc(C)cc1. The molecule has 2 rings (SSSR count). The van der Waals surface area contributed by atoms with Crippen molar-refractivity contribution in [1.82, 2.24) is 15.2 Å². The fourth-order valence-corrected chi connectivity index (χ4v) is 3.07. The second-order valence-electron chi connectivity index (χ2n) is 5.64. The quantitative estimate of drug-likeness (QED) is 0.848. The number of thiazole rings is 1. The van der Waals surface area contributed by atoms with Crippen molar-refractivity contribution in [1.29, 1.82) is 0 Å². The highest BCUT2D eigenvalue weighted by atomic mass is 32.1. The minimum atomic E-state index is 0.408. The van der Waals surface area contributed by atoms with E-state index in [-0.39, 0.29) is 0 Å². The Morgan fingerprint density at radius 2 is 1.95 bits per heavy atom. The molecule has 21 heavy (non-hydrogen) atoms. The first-order chi connectivity index (χ1) is 10.1. The normalized spacial score (nSPS) is 12.8. The average molecular weight is 303 g/mol. The van der Waals surface area contributed by atoms with Crippen LogP contribution in [0.25, 0.3) is 0 Å². The molecule has 0 fully saturated rings. The number of nitrogens with one attached hydrogen (secondary N) is 1. The first-order valence-electron chi connectivity index (χ1n) is 7.42. The number of nitrogens with zero attached hydrogens (tertiary/aromatic N) is 2. The third-order valence-corrected chi connectivity index (χ3v) is 4.55. The molecule has 0 radical (unpaired) electrons. The number of benzene rings is 1. The summed E-state index contributed by atoms with van der Waals surface area (Å²) in [5.41, 5.74) is 3.85. The van der Waals surface area contributed by atoms with Crippen LogP contribution in [0.4, 0.5) is 0 Å². The van der Waals surface area contributed by atoms with Crippen molar-refractivity contribution in [2.75, 3.05) is 20.6 Å². The zero-order valence-electron chi connectivity index (χ0n) is 13.4. The molecule has 0 saturated heterocycles. The molecule has 0 saturated carbocycles. The summed E-state index contributed by atoms with van der Waals surface area (Å²) >= 11 is 1.72. The van der Waals surface area contributed by atoms with E-state index in [1.807, 2.05) is 7.05 Å². The van der Waals surface area contributed by atoms with Crippen molar-refractivity contribution < 1.29 is 0 Å². The van der Waals surface area contributed by atoms with Crippen molar-refractivity contribution in [2.24, 2.45) is 0 Å². The molecule has 3 nitrogen and oxygen atoms in total. The Kier molecular flexibility index (Phi) is 5.91. The number of aryl methyl sites for hydroxylation is 2. The van der Waals surface area contributed by atoms with Crippen LogP contribution in [0.15, 0.2) is 29.6 Å². The molecule has 0 amide bonds. The standard InChI is InChI=1S/C17H25N3S/c1-13-5-7-15(8-6-13)17(18-3)9-10-20(4)11-16-12-21-14(2)19-16/h5-8,12,17-18H,9-11H2,1-4H3. The second-order valence-corrected chi connectivity index (χ2v) is 6.70. The summed E-state index contributed by atoms with van der Waals surface area (Å²) < 4.78 is 0. The van der Waals surface area contributed by atoms with Gasteiger partial charge >= 0.3 is 0 Å². The number of aromatic nitrogens is 1. The predicted octanol–water partition coefficient (Wildman–Crippen LogP) is 3.54. The maximum Gasteiger partial charge on any atom is 0.0897 e. The van der Waals surface area contributed by atoms with E-state index in [2.05, 4.69) is 65.7 Å². The lowest BCUT2D eigenvalue weighted by atomic mass is 10.0. The van der Waals surface area contributed by atoms with Crippen LogP contribution in [0.3, 0.4) is 0 Å². The first kappa shape index (κ1) is 16.1. The molecule has 1 aromatic heterocycles. The van der Waals surface area contributed by atoms with E-state index in [1.54, 1.807) is 11.3 Å². The summed E-state index contributed by atoms with van der Waals surface area (Å²) in [4.78, 5) is 6.87. The Hall–Kier alpha value is -1.23. The summed E-state index contributed by atoms with van der Waals surface area (Å²) in [7, 11) is 4.20. The highest BCUT2D eigenvalue weighted by Crippen LogP contribution is 2.18. The van der Waals surface area contributed by atoms with Crippen LogP contribution in [0.5, 0.6) is 0 Å². The number of rotatable bonds is 7. The van der Waals surface area contributed by atoms with Gasteiger partial charge in [-0.15, -0.1) is 11.3 Å². The fourth-order valence-electron chi connectivity index (χ4n) is 2.46. The zero-order valence-corrected chi connectivity index (χ0v) is 14.2. The largest absolute Gasteiger partial charge is 0.313 e. The van der Waals surface area contributed by atoms with Gasteiger partial charge in [0, 0.05) is 24.5 Å². The van der Waals surface area contributed by atoms with E-state index >= 15 is 0 Å². The van der Waals surface area contributed by atoms with E-state index in [4.69, 9.17) is 0 Å². The first-order valence-corrected chi connectivity index (χ1v) is 8.30. The molecule has 4 heteroatoms. The van der Waals surface area contributed by atoms with Gasteiger partial charge in [-0.05, 0) is 39.9 Å². The molecule has 0 aliphatic heterocycles. The number of hydrogen-bond donors (Lipinski definition) is 1. The third-order valence-electron chi connectivity index (χ3n) is 3.73. The Morgan fingerprint density at radius 1 is 1.24 bits per heavy atom. The monoisotopic (exact) mass is 303 g/mol. The van der Waals surface area contributed by atoms with Crippen LogP contribution in [-0.2, 0) is 6.54 Å². The van der Waals surface area contributed by atoms with Gasteiger partial charge in [-0.25, -0.2) is 4.98 Å². The molecule has 1 heterocycles. The molecule has 1 N–H and O–H groups in total. The lowest BCUT2D eigenvalue weighted by Gasteiger charge is -2.21. The summed E-state index contributed by atoms with van der Waals surface area (Å²) in [6.07, 6.45) is 1.10. The molecule has 1 unspecified atom stereocenters. The van der Waals surface area contributed by atoms with E-state index in [0.29, 0.717) is 6.04 Å². The van der Waals surface area contributed by atoms with Gasteiger partial charge in [0.2, 0.25) is 0 Å². The van der Waals surface area contributed by atoms with Crippen molar-refractivity contribution in [2.45, 2.75) is 32.9 Å². The van der Waals surface area contributed by atoms with Crippen LogP contribution in [-0.4, -0.2) is 30.5 Å². The molecule has 0 bridgehead atoms. The number of hydrogen-bond acceptors (Lipinski definition) is 4. The van der Waals surface area contributed by atoms with Gasteiger partial charge in [-0.1, -0.05) is 29.8 Å². The van der Waals surface area contributed by atoms with E-state index < -0.39 is 0 Å². The van der Waals surface area contributed by atoms with Crippen molar-refractivity contribution in [3.63, 3.8) is 0 Å². The topological polar surface area (TPSA) is 28.2 Å². The van der Waals surface area contributed by atoms with Gasteiger partial charge < -0.3 is 10.2 Å². The molecule has 1 atom stereocenters. The molecular formula is C17H25N3S. The highest BCUT2D eigenvalue weighted by Gasteiger charge is 2.11. The average Bonchev–Trinajstić information content (AvgIpc) is 2.86. The van der Waals surface area contributed by atoms with E-state index in [9.17, 15) is 0 Å². The van der Waals surface area contributed by atoms with Crippen LogP contribution in [0.1, 0.15) is 34.3 Å². The second kappa shape index (κ2) is 7.69. The van der Waals surface area contributed by atoms with Gasteiger partial charge in [0.15, 0.2) is 0 Å². The Balaban J connectivity index is 1.86. The van der Waals surface area contributed by atoms with Gasteiger partial charge in [0.05, 0.1) is 10.7 Å². The molecule has 0 spiro atoms. The maximum absolute atomic E-state index is 4.53. The highest BCUT2D eigenvalue weighted by molar-refractivity contribution is 7.09. The minimum absolute atomic E-state index is 0.408. The van der Waals surface area contributed by atoms with Crippen molar-refractivity contribution in [3.05, 3.63) is 51.5 Å². The minimum Gasteiger partial charge on any atom is -0.313 e. The smallest absolute Gasteiger partial charge is 0.0897 e. The molecular weight excluding hydrogens is 278 g/mol. The molecule has 0 aliphatic carbocycles. The van der Waals surface area contributed by atoms with Crippen LogP contribution in [0, 0.1) is 13.8 Å². The Labute approximate surface area is 132 Å². The molecule has 114 valence electrons. The molecule has 0 aliphatic rings. The Bertz CT molecular complexity index is 547. The van der Waals surface area contributed by atoms with Gasteiger partial charge in [-0.2, -0.15) is 0 Å². The third kappa shape index (κ3) is 4.92. The summed E-state index contributed by atoms with van der Waals surface area (Å²) in [6.45, 7) is 6.16. The fraction of sp³-hybridized carbons (Fsp3) is 0.471. The zero-order chi connectivity index (χ0) is 15.2. The lowest BCUT2D eigenvalue weighted by Crippen LogP contribution is -2.25.